The van der Waals surface area contributed by atoms with E-state index in [0.717, 1.165) is 0 Å². The summed E-state index contributed by atoms with van der Waals surface area (Å²) in [6.45, 7) is 1.45. The number of aromatic nitrogens is 2. The minimum Gasteiger partial charge on any atom is -0.391 e. The van der Waals surface area contributed by atoms with E-state index < -0.39 is 23.8 Å². The Hall–Kier alpha value is -1.93. The molecule has 1 aromatic heterocycles. The number of hydrogen-bond acceptors (Lipinski definition) is 7. The highest BCUT2D eigenvalue weighted by atomic mass is 16.3. The third kappa shape index (κ3) is 2.12. The van der Waals surface area contributed by atoms with E-state index in [9.17, 15) is 15.0 Å². The van der Waals surface area contributed by atoms with Crippen LogP contribution in [-0.2, 0) is 0 Å². The fourth-order valence-corrected chi connectivity index (χ4v) is 1.53. The third-order valence-electron chi connectivity index (χ3n) is 2.44. The molecular formula is C9H13N5O3. The Morgan fingerprint density at radius 2 is 2.24 bits per heavy atom. The molecule has 6 N–H and O–H groups in total. The van der Waals surface area contributed by atoms with Gasteiger partial charge in [0.2, 0.25) is 5.95 Å². The van der Waals surface area contributed by atoms with Gasteiger partial charge >= 0.3 is 0 Å². The maximum Gasteiger partial charge on any atom is 0.280 e. The summed E-state index contributed by atoms with van der Waals surface area (Å²) in [7, 11) is 0. The van der Waals surface area contributed by atoms with Crippen LogP contribution < -0.4 is 16.6 Å². The number of aromatic amines is 1. The fraction of sp³-hybridized carbons (Fsp3) is 0.444. The second-order valence-corrected chi connectivity index (χ2v) is 3.83. The summed E-state index contributed by atoms with van der Waals surface area (Å²) in [6, 6.07) is -0.615. The normalized spacial score (nSPS) is 21.5. The molecule has 0 spiro atoms. The van der Waals surface area contributed by atoms with Crippen LogP contribution in [0.2, 0.25) is 0 Å². The van der Waals surface area contributed by atoms with Crippen molar-refractivity contribution in [2.75, 3.05) is 11.1 Å². The van der Waals surface area contributed by atoms with E-state index in [0.29, 0.717) is 0 Å². The molecular weight excluding hydrogens is 226 g/mol. The highest BCUT2D eigenvalue weighted by Gasteiger charge is 2.26. The lowest BCUT2D eigenvalue weighted by Gasteiger charge is -2.26. The molecule has 0 aliphatic carbocycles. The van der Waals surface area contributed by atoms with Crippen molar-refractivity contribution in [1.82, 2.24) is 9.97 Å². The second kappa shape index (κ2) is 4.15. The molecule has 2 rings (SSSR count). The Kier molecular flexibility index (Phi) is 2.82. The van der Waals surface area contributed by atoms with Gasteiger partial charge in [-0.25, -0.2) is 4.99 Å². The van der Waals surface area contributed by atoms with Gasteiger partial charge in [-0.05, 0) is 6.92 Å². The molecule has 0 radical (unpaired) electrons. The van der Waals surface area contributed by atoms with Crippen LogP contribution in [0.1, 0.15) is 6.92 Å². The number of aliphatic hydroxyl groups excluding tert-OH is 2. The number of rotatable bonds is 2. The molecule has 8 nitrogen and oxygen atoms in total. The number of nitrogens with two attached hydrogens (primary N) is 1. The summed E-state index contributed by atoms with van der Waals surface area (Å²) in [5.41, 5.74) is 5.04. The predicted molar refractivity (Wildman–Crippen MR) is 62.5 cm³/mol. The number of nitrogens with one attached hydrogen (secondary N) is 2. The molecule has 0 aromatic carbocycles. The monoisotopic (exact) mass is 239 g/mol. The number of H-pyrrole nitrogens is 1. The Labute approximate surface area is 96.2 Å². The number of fused-ring (bicyclic) bond motifs is 1. The summed E-state index contributed by atoms with van der Waals surface area (Å²) < 4.78 is 0. The van der Waals surface area contributed by atoms with Crippen molar-refractivity contribution < 1.29 is 10.2 Å². The van der Waals surface area contributed by atoms with Gasteiger partial charge in [-0.3, -0.25) is 9.78 Å². The number of hydrogen-bond donors (Lipinski definition) is 5. The SMILES string of the molecule is C[C@H](O)[C@@H](O)[C@@H]1C=Nc2c(nc(N)[nH]c2=O)N1. The highest BCUT2D eigenvalue weighted by molar-refractivity contribution is 5.81. The zero-order valence-corrected chi connectivity index (χ0v) is 9.08. The average molecular weight is 239 g/mol. The molecule has 1 aliphatic rings. The molecule has 0 bridgehead atoms. The smallest absolute Gasteiger partial charge is 0.280 e. The number of nitrogens with zero attached hydrogens (tertiary/aromatic N) is 2. The molecule has 0 unspecified atom stereocenters. The van der Waals surface area contributed by atoms with Crippen LogP contribution >= 0.6 is 0 Å². The third-order valence-corrected chi connectivity index (χ3v) is 2.44. The topological polar surface area (TPSA) is 137 Å². The molecule has 0 saturated heterocycles. The Morgan fingerprint density at radius 1 is 1.53 bits per heavy atom. The number of aliphatic hydroxyl groups is 2. The van der Waals surface area contributed by atoms with E-state index in [1.165, 1.54) is 13.1 Å². The molecule has 1 aliphatic heterocycles. The number of aliphatic imine (C=N–C) groups is 1. The van der Waals surface area contributed by atoms with Gasteiger partial charge in [-0.15, -0.1) is 0 Å². The molecule has 17 heavy (non-hydrogen) atoms. The highest BCUT2D eigenvalue weighted by Crippen LogP contribution is 2.23. The van der Waals surface area contributed by atoms with Crippen molar-refractivity contribution in [2.24, 2.45) is 4.99 Å². The largest absolute Gasteiger partial charge is 0.391 e. The quantitative estimate of drug-likeness (QED) is 0.430. The molecule has 2 heterocycles. The molecule has 0 saturated carbocycles. The van der Waals surface area contributed by atoms with Crippen molar-refractivity contribution in [3.05, 3.63) is 10.4 Å². The molecule has 92 valence electrons. The van der Waals surface area contributed by atoms with Gasteiger partial charge in [-0.2, -0.15) is 4.98 Å². The maximum absolute atomic E-state index is 11.5. The molecule has 1 aromatic rings. The average Bonchev–Trinajstić information content (AvgIpc) is 2.26. The summed E-state index contributed by atoms with van der Waals surface area (Å²) in [5, 5.41) is 21.7. The van der Waals surface area contributed by atoms with Gasteiger partial charge in [0.05, 0.1) is 12.1 Å². The first-order valence-electron chi connectivity index (χ1n) is 5.05. The van der Waals surface area contributed by atoms with E-state index in [2.05, 4.69) is 20.3 Å². The molecule has 8 heteroatoms. The van der Waals surface area contributed by atoms with E-state index >= 15 is 0 Å². The van der Waals surface area contributed by atoms with Crippen LogP contribution in [0.5, 0.6) is 0 Å². The van der Waals surface area contributed by atoms with E-state index in [-0.39, 0.29) is 17.5 Å². The summed E-state index contributed by atoms with van der Waals surface area (Å²) in [4.78, 5) is 21.5. The van der Waals surface area contributed by atoms with Crippen LogP contribution in [0, 0.1) is 0 Å². The Bertz CT molecular complexity index is 510. The van der Waals surface area contributed by atoms with Crippen molar-refractivity contribution in [1.29, 1.82) is 0 Å². The Balaban J connectivity index is 2.34. The van der Waals surface area contributed by atoms with E-state index in [4.69, 9.17) is 5.73 Å². The van der Waals surface area contributed by atoms with Gasteiger partial charge in [0.25, 0.3) is 5.56 Å². The predicted octanol–water partition coefficient (Wildman–Crippen LogP) is -1.41. The van der Waals surface area contributed by atoms with Crippen molar-refractivity contribution in [3.63, 3.8) is 0 Å². The second-order valence-electron chi connectivity index (χ2n) is 3.83. The molecule has 0 fully saturated rings. The van der Waals surface area contributed by atoms with Crippen LogP contribution in [0.4, 0.5) is 17.5 Å². The summed E-state index contributed by atoms with van der Waals surface area (Å²) >= 11 is 0. The van der Waals surface area contributed by atoms with Gasteiger partial charge in [0, 0.05) is 6.21 Å². The standard InChI is InChI=1S/C9H13N5O3/c1-3(15)6(16)4-2-11-5-7(12-4)13-9(10)14-8(5)17/h2-4,6,15-16H,1H3,(H4,10,12,13,14,17)/t3-,4-,6+/m0/s1. The first-order valence-corrected chi connectivity index (χ1v) is 5.05. The first kappa shape index (κ1) is 11.6. The van der Waals surface area contributed by atoms with E-state index in [1.54, 1.807) is 0 Å². The maximum atomic E-state index is 11.5. The molecule has 3 atom stereocenters. The van der Waals surface area contributed by atoms with E-state index in [1.807, 2.05) is 0 Å². The summed E-state index contributed by atoms with van der Waals surface area (Å²) in [6.07, 6.45) is -0.624. The fourth-order valence-electron chi connectivity index (χ4n) is 1.53. The van der Waals surface area contributed by atoms with Crippen molar-refractivity contribution >= 4 is 23.7 Å². The van der Waals surface area contributed by atoms with Gasteiger partial charge in [-0.1, -0.05) is 0 Å². The first-order chi connectivity index (χ1) is 7.99. The van der Waals surface area contributed by atoms with Gasteiger partial charge in [0.15, 0.2) is 11.5 Å². The lowest BCUT2D eigenvalue weighted by Crippen LogP contribution is -2.43. The van der Waals surface area contributed by atoms with Crippen molar-refractivity contribution in [2.45, 2.75) is 25.2 Å². The van der Waals surface area contributed by atoms with Crippen LogP contribution in [0.25, 0.3) is 0 Å². The van der Waals surface area contributed by atoms with Gasteiger partial charge < -0.3 is 21.3 Å². The number of anilines is 2. The van der Waals surface area contributed by atoms with Crippen LogP contribution in [0.15, 0.2) is 9.79 Å². The zero-order chi connectivity index (χ0) is 12.6. The van der Waals surface area contributed by atoms with Crippen molar-refractivity contribution in [3.8, 4) is 0 Å². The zero-order valence-electron chi connectivity index (χ0n) is 9.08. The number of nitrogen functional groups attached to an aromatic ring is 1. The lowest BCUT2D eigenvalue weighted by atomic mass is 10.1. The minimum atomic E-state index is -1.05. The summed E-state index contributed by atoms with van der Waals surface area (Å²) in [5.74, 6) is 0.155. The lowest BCUT2D eigenvalue weighted by molar-refractivity contribution is 0.0313. The molecule has 0 amide bonds. The Morgan fingerprint density at radius 3 is 2.88 bits per heavy atom. The van der Waals surface area contributed by atoms with Crippen LogP contribution in [-0.4, -0.2) is 44.6 Å². The van der Waals surface area contributed by atoms with Crippen LogP contribution in [0.3, 0.4) is 0 Å². The van der Waals surface area contributed by atoms with Gasteiger partial charge in [0.1, 0.15) is 6.10 Å². The minimum absolute atomic E-state index is 0.0383.